The molecule has 0 unspecified atom stereocenters. The van der Waals surface area contributed by atoms with Gasteiger partial charge in [-0.15, -0.1) is 0 Å². The molecule has 1 fully saturated rings. The van der Waals surface area contributed by atoms with Gasteiger partial charge in [0.2, 0.25) is 0 Å². The van der Waals surface area contributed by atoms with Gasteiger partial charge < -0.3 is 14.4 Å². The van der Waals surface area contributed by atoms with Crippen molar-refractivity contribution < 1.29 is 19.1 Å². The SMILES string of the molecule is C[C@@H]1CN(C(=O)c2cc(-c3ccco3)n(-c3cccc(Cl)c3)n2)C[C@H]1C(=O)O. The second-order valence-electron chi connectivity index (χ2n) is 6.92. The van der Waals surface area contributed by atoms with Crippen LogP contribution in [0, 0.1) is 11.8 Å². The molecule has 8 heteroatoms. The fourth-order valence-corrected chi connectivity index (χ4v) is 3.69. The third-order valence-corrected chi connectivity index (χ3v) is 5.21. The van der Waals surface area contributed by atoms with E-state index in [0.29, 0.717) is 28.7 Å². The minimum absolute atomic E-state index is 0.110. The third kappa shape index (κ3) is 3.29. The zero-order chi connectivity index (χ0) is 19.8. The molecule has 1 aliphatic rings. The quantitative estimate of drug-likeness (QED) is 0.724. The number of rotatable bonds is 4. The summed E-state index contributed by atoms with van der Waals surface area (Å²) in [7, 11) is 0. The van der Waals surface area contributed by atoms with E-state index in [9.17, 15) is 14.7 Å². The Kier molecular flexibility index (Phi) is 4.68. The number of carbonyl (C=O) groups excluding carboxylic acids is 1. The smallest absolute Gasteiger partial charge is 0.308 e. The van der Waals surface area contributed by atoms with Gasteiger partial charge in [0.05, 0.1) is 17.9 Å². The molecule has 0 bridgehead atoms. The number of amides is 1. The number of carboxylic acids is 1. The van der Waals surface area contributed by atoms with Crippen LogP contribution in [0.5, 0.6) is 0 Å². The Balaban J connectivity index is 1.72. The molecule has 1 amide bonds. The topological polar surface area (TPSA) is 88.6 Å². The highest BCUT2D eigenvalue weighted by atomic mass is 35.5. The molecule has 3 heterocycles. The summed E-state index contributed by atoms with van der Waals surface area (Å²) in [4.78, 5) is 25.9. The molecule has 1 aliphatic heterocycles. The molecular weight excluding hydrogens is 382 g/mol. The highest BCUT2D eigenvalue weighted by Gasteiger charge is 2.38. The number of hydrogen-bond donors (Lipinski definition) is 1. The first kappa shape index (κ1) is 18.3. The van der Waals surface area contributed by atoms with Crippen LogP contribution in [-0.4, -0.2) is 44.8 Å². The largest absolute Gasteiger partial charge is 0.481 e. The minimum atomic E-state index is -0.886. The molecule has 1 N–H and O–H groups in total. The van der Waals surface area contributed by atoms with Crippen molar-refractivity contribution in [2.45, 2.75) is 6.92 Å². The second kappa shape index (κ2) is 7.16. The van der Waals surface area contributed by atoms with Crippen molar-refractivity contribution in [3.63, 3.8) is 0 Å². The van der Waals surface area contributed by atoms with E-state index in [4.69, 9.17) is 16.0 Å². The van der Waals surface area contributed by atoms with Crippen LogP contribution in [0.25, 0.3) is 17.1 Å². The number of aromatic nitrogens is 2. The van der Waals surface area contributed by atoms with E-state index in [1.807, 2.05) is 13.0 Å². The van der Waals surface area contributed by atoms with Crippen LogP contribution >= 0.6 is 11.6 Å². The van der Waals surface area contributed by atoms with Crippen LogP contribution in [0.2, 0.25) is 5.02 Å². The average Bonchev–Trinajstić information content (AvgIpc) is 3.39. The lowest BCUT2D eigenvalue weighted by Crippen LogP contribution is -2.30. The molecule has 0 spiro atoms. The van der Waals surface area contributed by atoms with Gasteiger partial charge >= 0.3 is 5.97 Å². The Hall–Kier alpha value is -3.06. The predicted molar refractivity (Wildman–Crippen MR) is 102 cm³/mol. The first-order valence-electron chi connectivity index (χ1n) is 8.86. The number of halogens is 1. The Morgan fingerprint density at radius 3 is 2.68 bits per heavy atom. The summed E-state index contributed by atoms with van der Waals surface area (Å²) in [5.74, 6) is -1.30. The van der Waals surface area contributed by atoms with Crippen LogP contribution in [0.3, 0.4) is 0 Å². The monoisotopic (exact) mass is 399 g/mol. The Morgan fingerprint density at radius 1 is 1.21 bits per heavy atom. The summed E-state index contributed by atoms with van der Waals surface area (Å²) in [5.41, 5.74) is 1.53. The van der Waals surface area contributed by atoms with Crippen molar-refractivity contribution in [1.82, 2.24) is 14.7 Å². The molecule has 0 aliphatic carbocycles. The highest BCUT2D eigenvalue weighted by molar-refractivity contribution is 6.30. The predicted octanol–water partition coefficient (Wildman–Crippen LogP) is 3.58. The van der Waals surface area contributed by atoms with E-state index in [0.717, 1.165) is 0 Å². The number of likely N-dealkylation sites (tertiary alicyclic amines) is 1. The van der Waals surface area contributed by atoms with Gasteiger partial charge in [-0.3, -0.25) is 9.59 Å². The van der Waals surface area contributed by atoms with Crippen LogP contribution in [0.15, 0.2) is 53.1 Å². The van der Waals surface area contributed by atoms with Crippen molar-refractivity contribution >= 4 is 23.5 Å². The molecule has 2 atom stereocenters. The summed E-state index contributed by atoms with van der Waals surface area (Å²) >= 11 is 6.11. The Labute approximate surface area is 166 Å². The molecule has 4 rings (SSSR count). The van der Waals surface area contributed by atoms with Gasteiger partial charge in [0.25, 0.3) is 5.91 Å². The fraction of sp³-hybridized carbons (Fsp3) is 0.250. The molecule has 28 heavy (non-hydrogen) atoms. The van der Waals surface area contributed by atoms with Crippen LogP contribution < -0.4 is 0 Å². The van der Waals surface area contributed by atoms with E-state index in [1.165, 1.54) is 0 Å². The van der Waals surface area contributed by atoms with Crippen molar-refractivity contribution in [3.8, 4) is 17.1 Å². The average molecular weight is 400 g/mol. The van der Waals surface area contributed by atoms with Gasteiger partial charge in [-0.1, -0.05) is 24.6 Å². The lowest BCUT2D eigenvalue weighted by Gasteiger charge is -2.14. The van der Waals surface area contributed by atoms with Gasteiger partial charge in [0.1, 0.15) is 5.69 Å². The van der Waals surface area contributed by atoms with Crippen LogP contribution in [0.1, 0.15) is 17.4 Å². The first-order chi connectivity index (χ1) is 13.4. The number of nitrogens with zero attached hydrogens (tertiary/aromatic N) is 3. The minimum Gasteiger partial charge on any atom is -0.481 e. The van der Waals surface area contributed by atoms with E-state index >= 15 is 0 Å². The number of carboxylic acid groups (broad SMARTS) is 1. The van der Waals surface area contributed by atoms with Crippen molar-refractivity contribution in [2.24, 2.45) is 11.8 Å². The molecule has 0 radical (unpaired) electrons. The Bertz CT molecular complexity index is 1030. The maximum Gasteiger partial charge on any atom is 0.308 e. The van der Waals surface area contributed by atoms with Crippen molar-refractivity contribution in [1.29, 1.82) is 0 Å². The van der Waals surface area contributed by atoms with Gasteiger partial charge in [-0.2, -0.15) is 5.10 Å². The summed E-state index contributed by atoms with van der Waals surface area (Å²) in [6, 6.07) is 12.3. The van der Waals surface area contributed by atoms with E-state index in [2.05, 4.69) is 5.10 Å². The van der Waals surface area contributed by atoms with Gasteiger partial charge in [0.15, 0.2) is 11.5 Å². The van der Waals surface area contributed by atoms with Gasteiger partial charge in [-0.05, 0) is 36.2 Å². The highest BCUT2D eigenvalue weighted by Crippen LogP contribution is 2.28. The zero-order valence-corrected chi connectivity index (χ0v) is 15.8. The molecule has 1 saturated heterocycles. The maximum atomic E-state index is 13.0. The molecular formula is C20H18ClN3O4. The van der Waals surface area contributed by atoms with Crippen molar-refractivity contribution in [3.05, 3.63) is 59.4 Å². The second-order valence-corrected chi connectivity index (χ2v) is 7.35. The summed E-state index contributed by atoms with van der Waals surface area (Å²) in [6.07, 6.45) is 1.55. The molecule has 7 nitrogen and oxygen atoms in total. The van der Waals surface area contributed by atoms with E-state index < -0.39 is 11.9 Å². The molecule has 144 valence electrons. The lowest BCUT2D eigenvalue weighted by molar-refractivity contribution is -0.142. The number of aliphatic carboxylic acids is 1. The molecule has 2 aromatic heterocycles. The number of furan rings is 1. The van der Waals surface area contributed by atoms with E-state index in [-0.39, 0.29) is 24.1 Å². The molecule has 0 saturated carbocycles. The van der Waals surface area contributed by atoms with Crippen LogP contribution in [-0.2, 0) is 4.79 Å². The first-order valence-corrected chi connectivity index (χ1v) is 9.24. The van der Waals surface area contributed by atoms with Crippen LogP contribution in [0.4, 0.5) is 0 Å². The zero-order valence-electron chi connectivity index (χ0n) is 15.1. The summed E-state index contributed by atoms with van der Waals surface area (Å²) in [5, 5.41) is 14.3. The normalized spacial score (nSPS) is 19.1. The van der Waals surface area contributed by atoms with Crippen molar-refractivity contribution in [2.75, 3.05) is 13.1 Å². The summed E-state index contributed by atoms with van der Waals surface area (Å²) < 4.78 is 7.10. The van der Waals surface area contributed by atoms with E-state index in [1.54, 1.807) is 52.2 Å². The number of benzene rings is 1. The van der Waals surface area contributed by atoms with Gasteiger partial charge in [0, 0.05) is 24.2 Å². The fourth-order valence-electron chi connectivity index (χ4n) is 3.51. The van der Waals surface area contributed by atoms with Gasteiger partial charge in [-0.25, -0.2) is 4.68 Å². The standard InChI is InChI=1S/C20H18ClN3O4/c1-12-10-23(11-15(12)20(26)27)19(25)16-9-17(18-6-3-7-28-18)24(22-16)14-5-2-4-13(21)8-14/h2-9,12,15H,10-11H2,1H3,(H,26,27)/t12-,15-/m1/s1. The summed E-state index contributed by atoms with van der Waals surface area (Å²) in [6.45, 7) is 2.40. The Morgan fingerprint density at radius 2 is 2.04 bits per heavy atom. The lowest BCUT2D eigenvalue weighted by atomic mass is 9.99. The third-order valence-electron chi connectivity index (χ3n) is 4.97. The maximum absolute atomic E-state index is 13.0. The number of hydrogen-bond acceptors (Lipinski definition) is 4. The molecule has 1 aromatic carbocycles. The molecule has 3 aromatic rings. The number of carbonyl (C=O) groups is 2.